The van der Waals surface area contributed by atoms with E-state index in [1.165, 1.54) is 13.8 Å². The highest BCUT2D eigenvalue weighted by Gasteiger charge is 2.31. The largest absolute Gasteiger partial charge is 0.497 e. The summed E-state index contributed by atoms with van der Waals surface area (Å²) in [5, 5.41) is 0. The van der Waals surface area contributed by atoms with Crippen molar-refractivity contribution in [1.29, 1.82) is 0 Å². The third kappa shape index (κ3) is 4.82. The van der Waals surface area contributed by atoms with Gasteiger partial charge in [-0.3, -0.25) is 9.59 Å². The second-order valence-electron chi connectivity index (χ2n) is 5.13. The lowest BCUT2D eigenvalue weighted by molar-refractivity contribution is -0.163. The number of benzene rings is 1. The molecule has 0 spiro atoms. The maximum atomic E-state index is 11.2. The first-order valence-electron chi connectivity index (χ1n) is 7.28. The zero-order valence-electron chi connectivity index (χ0n) is 13.4. The Morgan fingerprint density at radius 1 is 1.09 bits per heavy atom. The fraction of sp³-hybridized carbons (Fsp3) is 0.412. The Labute approximate surface area is 135 Å². The average Bonchev–Trinajstić information content (AvgIpc) is 2.53. The fourth-order valence-electron chi connectivity index (χ4n) is 2.27. The molecule has 1 aliphatic rings. The summed E-state index contributed by atoms with van der Waals surface area (Å²) in [6.07, 6.45) is 2.13. The number of carbonyl (C=O) groups excluding carboxylic acids is 2. The second-order valence-corrected chi connectivity index (χ2v) is 5.13. The van der Waals surface area contributed by atoms with E-state index in [0.29, 0.717) is 0 Å². The molecule has 0 radical (unpaired) electrons. The molecule has 1 heterocycles. The summed E-state index contributed by atoms with van der Waals surface area (Å²) in [4.78, 5) is 22.2. The van der Waals surface area contributed by atoms with Crippen LogP contribution < -0.4 is 4.74 Å². The Hall–Kier alpha value is -2.34. The first kappa shape index (κ1) is 17.0. The highest BCUT2D eigenvalue weighted by atomic mass is 16.6. The normalized spacial score (nSPS) is 23.2. The van der Waals surface area contributed by atoms with Crippen molar-refractivity contribution in [3.05, 3.63) is 42.0 Å². The van der Waals surface area contributed by atoms with Crippen molar-refractivity contribution < 1.29 is 28.5 Å². The van der Waals surface area contributed by atoms with Crippen molar-refractivity contribution >= 4 is 11.9 Å². The van der Waals surface area contributed by atoms with Gasteiger partial charge in [0.25, 0.3) is 0 Å². The molecule has 0 bridgehead atoms. The van der Waals surface area contributed by atoms with Gasteiger partial charge in [0.2, 0.25) is 0 Å². The van der Waals surface area contributed by atoms with E-state index in [4.69, 9.17) is 18.9 Å². The molecular formula is C17H20O6. The minimum Gasteiger partial charge on any atom is -0.497 e. The van der Waals surface area contributed by atoms with Crippen molar-refractivity contribution in [2.75, 3.05) is 13.7 Å². The lowest BCUT2D eigenvalue weighted by atomic mass is 10.0. The van der Waals surface area contributed by atoms with Gasteiger partial charge in [-0.25, -0.2) is 0 Å². The number of carbonyl (C=O) groups is 2. The van der Waals surface area contributed by atoms with E-state index in [2.05, 4.69) is 0 Å². The van der Waals surface area contributed by atoms with Crippen molar-refractivity contribution in [3.63, 3.8) is 0 Å². The maximum absolute atomic E-state index is 11.2. The van der Waals surface area contributed by atoms with Crippen LogP contribution in [0.25, 0.3) is 0 Å². The minimum absolute atomic E-state index is 0.0181. The van der Waals surface area contributed by atoms with Crippen LogP contribution in [-0.4, -0.2) is 37.9 Å². The number of esters is 2. The standard InChI is InChI=1S/C17H20O6/c1-11(18)21-10-17-16(22-12(2)19)9-8-15(23-17)13-4-6-14(20-3)7-5-13/h4-9,15-17H,10H2,1-3H3/t15-,16+,17+/m0/s1. The number of rotatable bonds is 5. The van der Waals surface area contributed by atoms with Crippen LogP contribution in [0.4, 0.5) is 0 Å². The van der Waals surface area contributed by atoms with E-state index >= 15 is 0 Å². The zero-order chi connectivity index (χ0) is 16.8. The molecule has 1 aromatic rings. The Kier molecular flexibility index (Phi) is 5.76. The predicted molar refractivity (Wildman–Crippen MR) is 81.9 cm³/mol. The van der Waals surface area contributed by atoms with Gasteiger partial charge in [-0.15, -0.1) is 0 Å². The van der Waals surface area contributed by atoms with Crippen molar-refractivity contribution in [3.8, 4) is 5.75 Å². The lowest BCUT2D eigenvalue weighted by Gasteiger charge is -2.31. The molecule has 1 aliphatic heterocycles. The molecule has 0 saturated heterocycles. The van der Waals surface area contributed by atoms with Crippen LogP contribution in [0.15, 0.2) is 36.4 Å². The Morgan fingerprint density at radius 2 is 1.78 bits per heavy atom. The summed E-state index contributed by atoms with van der Waals surface area (Å²) in [7, 11) is 1.60. The van der Waals surface area contributed by atoms with Crippen molar-refractivity contribution in [2.24, 2.45) is 0 Å². The summed E-state index contributed by atoms with van der Waals surface area (Å²) in [5.74, 6) is -0.0764. The highest BCUT2D eigenvalue weighted by Crippen LogP contribution is 2.29. The monoisotopic (exact) mass is 320 g/mol. The van der Waals surface area contributed by atoms with E-state index in [-0.39, 0.29) is 12.7 Å². The molecule has 23 heavy (non-hydrogen) atoms. The molecule has 6 heteroatoms. The zero-order valence-corrected chi connectivity index (χ0v) is 13.4. The van der Waals surface area contributed by atoms with E-state index in [0.717, 1.165) is 11.3 Å². The summed E-state index contributed by atoms with van der Waals surface area (Å²) in [5.41, 5.74) is 0.927. The maximum Gasteiger partial charge on any atom is 0.303 e. The van der Waals surface area contributed by atoms with Crippen molar-refractivity contribution in [2.45, 2.75) is 32.2 Å². The molecule has 0 saturated carbocycles. The highest BCUT2D eigenvalue weighted by molar-refractivity contribution is 5.66. The molecule has 0 amide bonds. The van der Waals surface area contributed by atoms with Crippen molar-refractivity contribution in [1.82, 2.24) is 0 Å². The molecule has 0 fully saturated rings. The molecule has 3 atom stereocenters. The second kappa shape index (κ2) is 7.78. The van der Waals surface area contributed by atoms with Gasteiger partial charge in [0, 0.05) is 13.8 Å². The van der Waals surface area contributed by atoms with Gasteiger partial charge >= 0.3 is 11.9 Å². The third-order valence-corrected chi connectivity index (χ3v) is 3.36. The third-order valence-electron chi connectivity index (χ3n) is 3.36. The average molecular weight is 320 g/mol. The number of methoxy groups -OCH3 is 1. The molecule has 6 nitrogen and oxygen atoms in total. The first-order valence-corrected chi connectivity index (χ1v) is 7.28. The van der Waals surface area contributed by atoms with Crippen LogP contribution in [0.3, 0.4) is 0 Å². The topological polar surface area (TPSA) is 71.1 Å². The molecule has 0 aliphatic carbocycles. The molecule has 0 N–H and O–H groups in total. The van der Waals surface area contributed by atoms with Crippen LogP contribution in [0.5, 0.6) is 5.75 Å². The van der Waals surface area contributed by atoms with Gasteiger partial charge in [0.15, 0.2) is 0 Å². The van der Waals surface area contributed by atoms with Gasteiger partial charge in [-0.05, 0) is 23.8 Å². The number of ether oxygens (including phenoxy) is 4. The summed E-state index contributed by atoms with van der Waals surface area (Å²) >= 11 is 0. The molecular weight excluding hydrogens is 300 g/mol. The molecule has 0 unspecified atom stereocenters. The molecule has 1 aromatic carbocycles. The molecule has 124 valence electrons. The van der Waals surface area contributed by atoms with E-state index in [9.17, 15) is 9.59 Å². The number of hydrogen-bond acceptors (Lipinski definition) is 6. The van der Waals surface area contributed by atoms with E-state index < -0.39 is 24.1 Å². The summed E-state index contributed by atoms with van der Waals surface area (Å²) in [6.45, 7) is 2.66. The van der Waals surface area contributed by atoms with Gasteiger partial charge in [-0.1, -0.05) is 18.2 Å². The quantitative estimate of drug-likeness (QED) is 0.612. The van der Waals surface area contributed by atoms with E-state index in [1.54, 1.807) is 13.2 Å². The van der Waals surface area contributed by atoms with Crippen LogP contribution in [0, 0.1) is 0 Å². The van der Waals surface area contributed by atoms with E-state index in [1.807, 2.05) is 30.3 Å². The summed E-state index contributed by atoms with van der Waals surface area (Å²) in [6, 6.07) is 7.46. The Morgan fingerprint density at radius 3 is 2.35 bits per heavy atom. The minimum atomic E-state index is -0.582. The fourth-order valence-corrected chi connectivity index (χ4v) is 2.27. The predicted octanol–water partition coefficient (Wildman–Crippen LogP) is 2.19. The Balaban J connectivity index is 2.13. The van der Waals surface area contributed by atoms with Crippen LogP contribution in [0.1, 0.15) is 25.5 Å². The summed E-state index contributed by atoms with van der Waals surface area (Å²) < 4.78 is 21.3. The van der Waals surface area contributed by atoms with Gasteiger partial charge < -0.3 is 18.9 Å². The first-order chi connectivity index (χ1) is 11.0. The van der Waals surface area contributed by atoms with Gasteiger partial charge in [0.1, 0.15) is 30.7 Å². The van der Waals surface area contributed by atoms with Crippen LogP contribution >= 0.6 is 0 Å². The van der Waals surface area contributed by atoms with Gasteiger partial charge in [0.05, 0.1) is 7.11 Å². The smallest absolute Gasteiger partial charge is 0.303 e. The SMILES string of the molecule is COc1ccc([C@@H]2C=C[C@@H](OC(C)=O)[C@@H](COC(C)=O)O2)cc1. The van der Waals surface area contributed by atoms with Gasteiger partial charge in [-0.2, -0.15) is 0 Å². The number of hydrogen-bond donors (Lipinski definition) is 0. The Bertz CT molecular complexity index is 577. The molecule has 2 rings (SSSR count). The van der Waals surface area contributed by atoms with Crippen LogP contribution in [0.2, 0.25) is 0 Å². The van der Waals surface area contributed by atoms with Crippen LogP contribution in [-0.2, 0) is 23.8 Å². The molecule has 0 aromatic heterocycles. The lowest BCUT2D eigenvalue weighted by Crippen LogP contribution is -2.39.